The summed E-state index contributed by atoms with van der Waals surface area (Å²) in [6.07, 6.45) is 2.46. The van der Waals surface area contributed by atoms with Crippen molar-refractivity contribution in [3.05, 3.63) is 65.9 Å². The van der Waals surface area contributed by atoms with Crippen LogP contribution in [0.15, 0.2) is 54.6 Å². The highest BCUT2D eigenvalue weighted by molar-refractivity contribution is 5.47. The van der Waals surface area contributed by atoms with Crippen LogP contribution in [0.3, 0.4) is 0 Å². The Bertz CT molecular complexity index is 1120. The number of para-hydroxylation sites is 3. The summed E-state index contributed by atoms with van der Waals surface area (Å²) in [4.78, 5) is 2.34. The van der Waals surface area contributed by atoms with E-state index >= 15 is 0 Å². The standard InChI is InChI=1S/C29H39N3O4/c1-6-25-24(19-31(21-16-17-21)18-23(33)20-35-29(2,3)4)28(32(30-25)22-12-8-7-9-13-22)36-27-15-11-10-14-26(27)34-5/h7-15,21,23,33H,6,16-20H2,1-5H3/t23-/m0/s1. The number of aliphatic hydroxyl groups excluding tert-OH is 1. The molecule has 1 aliphatic carbocycles. The van der Waals surface area contributed by atoms with Crippen molar-refractivity contribution < 1.29 is 19.3 Å². The lowest BCUT2D eigenvalue weighted by Crippen LogP contribution is -2.38. The summed E-state index contributed by atoms with van der Waals surface area (Å²) < 4.78 is 19.8. The second-order valence-corrected chi connectivity index (χ2v) is 10.3. The lowest BCUT2D eigenvalue weighted by Gasteiger charge is -2.27. The van der Waals surface area contributed by atoms with Crippen molar-refractivity contribution in [2.75, 3.05) is 20.3 Å². The highest BCUT2D eigenvalue weighted by Gasteiger charge is 2.33. The third-order valence-corrected chi connectivity index (χ3v) is 6.21. The molecule has 7 heteroatoms. The van der Waals surface area contributed by atoms with Crippen molar-refractivity contribution in [2.24, 2.45) is 0 Å². The molecule has 0 radical (unpaired) electrons. The molecule has 1 aliphatic rings. The van der Waals surface area contributed by atoms with Gasteiger partial charge in [0.05, 0.1) is 42.4 Å². The van der Waals surface area contributed by atoms with Crippen molar-refractivity contribution in [3.8, 4) is 23.1 Å². The van der Waals surface area contributed by atoms with Gasteiger partial charge in [-0.2, -0.15) is 5.10 Å². The summed E-state index contributed by atoms with van der Waals surface area (Å²) in [6.45, 7) is 9.61. The molecule has 7 nitrogen and oxygen atoms in total. The van der Waals surface area contributed by atoms with Crippen LogP contribution in [0.25, 0.3) is 5.69 Å². The van der Waals surface area contributed by atoms with E-state index < -0.39 is 6.10 Å². The molecule has 0 bridgehead atoms. The van der Waals surface area contributed by atoms with Crippen molar-refractivity contribution in [3.63, 3.8) is 0 Å². The molecule has 1 atom stereocenters. The Morgan fingerprint density at radius 3 is 2.33 bits per heavy atom. The second-order valence-electron chi connectivity index (χ2n) is 10.3. The first-order valence-electron chi connectivity index (χ1n) is 12.8. The molecule has 1 heterocycles. The smallest absolute Gasteiger partial charge is 0.227 e. The van der Waals surface area contributed by atoms with Gasteiger partial charge in [-0.3, -0.25) is 4.90 Å². The van der Waals surface area contributed by atoms with Gasteiger partial charge in [-0.1, -0.05) is 37.3 Å². The second kappa shape index (κ2) is 11.5. The monoisotopic (exact) mass is 493 g/mol. The Morgan fingerprint density at radius 1 is 1.06 bits per heavy atom. The van der Waals surface area contributed by atoms with Gasteiger partial charge in [0, 0.05) is 19.1 Å². The van der Waals surface area contributed by atoms with Gasteiger partial charge in [0.15, 0.2) is 11.5 Å². The quantitative estimate of drug-likeness (QED) is 0.366. The van der Waals surface area contributed by atoms with Gasteiger partial charge < -0.3 is 19.3 Å². The van der Waals surface area contributed by atoms with E-state index in [9.17, 15) is 5.11 Å². The largest absolute Gasteiger partial charge is 0.493 e. The van der Waals surface area contributed by atoms with E-state index in [0.717, 1.165) is 36.2 Å². The maximum atomic E-state index is 10.8. The molecule has 0 aliphatic heterocycles. The van der Waals surface area contributed by atoms with Crippen molar-refractivity contribution in [1.29, 1.82) is 0 Å². The third-order valence-electron chi connectivity index (χ3n) is 6.21. The van der Waals surface area contributed by atoms with E-state index in [2.05, 4.69) is 11.8 Å². The fourth-order valence-electron chi connectivity index (χ4n) is 4.23. The van der Waals surface area contributed by atoms with E-state index in [1.54, 1.807) is 7.11 Å². The number of methoxy groups -OCH3 is 1. The molecule has 4 rings (SSSR count). The molecule has 1 N–H and O–H groups in total. The minimum Gasteiger partial charge on any atom is -0.493 e. The number of benzene rings is 2. The Balaban J connectivity index is 1.68. The summed E-state index contributed by atoms with van der Waals surface area (Å²) in [6, 6.07) is 18.1. The average Bonchev–Trinajstić information content (AvgIpc) is 3.66. The van der Waals surface area contributed by atoms with E-state index in [0.29, 0.717) is 43.1 Å². The molecular weight excluding hydrogens is 454 g/mol. The van der Waals surface area contributed by atoms with Gasteiger partial charge in [-0.25, -0.2) is 4.68 Å². The minimum absolute atomic E-state index is 0.284. The first kappa shape index (κ1) is 26.2. The third kappa shape index (κ3) is 6.66. The number of hydrogen-bond donors (Lipinski definition) is 1. The molecule has 0 spiro atoms. The zero-order valence-electron chi connectivity index (χ0n) is 22.1. The average molecular weight is 494 g/mol. The van der Waals surface area contributed by atoms with Gasteiger partial charge in [0.1, 0.15) is 0 Å². The van der Waals surface area contributed by atoms with Gasteiger partial charge in [0.2, 0.25) is 5.88 Å². The zero-order chi connectivity index (χ0) is 25.7. The number of rotatable bonds is 12. The molecule has 0 amide bonds. The van der Waals surface area contributed by atoms with Crippen molar-refractivity contribution >= 4 is 0 Å². The molecule has 2 aromatic carbocycles. The van der Waals surface area contributed by atoms with Gasteiger partial charge in [-0.15, -0.1) is 0 Å². The molecule has 36 heavy (non-hydrogen) atoms. The maximum absolute atomic E-state index is 10.8. The summed E-state index contributed by atoms with van der Waals surface area (Å²) in [5.41, 5.74) is 2.66. The van der Waals surface area contributed by atoms with Crippen molar-refractivity contribution in [2.45, 2.75) is 71.2 Å². The van der Waals surface area contributed by atoms with Crippen LogP contribution in [0.5, 0.6) is 17.4 Å². The molecule has 0 saturated heterocycles. The highest BCUT2D eigenvalue weighted by Crippen LogP contribution is 2.38. The van der Waals surface area contributed by atoms with Crippen LogP contribution in [0, 0.1) is 0 Å². The number of hydrogen-bond acceptors (Lipinski definition) is 6. The number of aryl methyl sites for hydroxylation is 1. The van der Waals surface area contributed by atoms with Crippen LogP contribution in [-0.4, -0.2) is 57.8 Å². The van der Waals surface area contributed by atoms with Gasteiger partial charge in [0.25, 0.3) is 0 Å². The van der Waals surface area contributed by atoms with Crippen LogP contribution >= 0.6 is 0 Å². The Kier molecular flexibility index (Phi) is 8.34. The first-order chi connectivity index (χ1) is 17.3. The normalized spacial score (nSPS) is 14.8. The SMILES string of the molecule is CCc1nn(-c2ccccc2)c(Oc2ccccc2OC)c1CN(C[C@H](O)COC(C)(C)C)C1CC1. The van der Waals surface area contributed by atoms with Gasteiger partial charge in [-0.05, 0) is 64.3 Å². The van der Waals surface area contributed by atoms with Gasteiger partial charge >= 0.3 is 0 Å². The van der Waals surface area contributed by atoms with Crippen LogP contribution < -0.4 is 9.47 Å². The van der Waals surface area contributed by atoms with E-state index in [-0.39, 0.29) is 5.60 Å². The Labute approximate surface area is 214 Å². The molecule has 194 valence electrons. The maximum Gasteiger partial charge on any atom is 0.227 e. The van der Waals surface area contributed by atoms with E-state index in [1.165, 1.54) is 0 Å². The lowest BCUT2D eigenvalue weighted by molar-refractivity contribution is -0.0573. The Morgan fingerprint density at radius 2 is 1.72 bits per heavy atom. The number of aromatic nitrogens is 2. The molecule has 1 aromatic heterocycles. The predicted molar refractivity (Wildman–Crippen MR) is 141 cm³/mol. The molecular formula is C29H39N3O4. The molecule has 1 fully saturated rings. The lowest BCUT2D eigenvalue weighted by atomic mass is 10.1. The topological polar surface area (TPSA) is 69.0 Å². The van der Waals surface area contributed by atoms with E-state index in [4.69, 9.17) is 19.3 Å². The summed E-state index contributed by atoms with van der Waals surface area (Å²) in [5.74, 6) is 1.97. The minimum atomic E-state index is -0.572. The fourth-order valence-corrected chi connectivity index (χ4v) is 4.23. The summed E-state index contributed by atoms with van der Waals surface area (Å²) in [7, 11) is 1.64. The number of nitrogens with zero attached hydrogens (tertiary/aromatic N) is 3. The van der Waals surface area contributed by atoms with Crippen LogP contribution in [0.2, 0.25) is 0 Å². The molecule has 1 saturated carbocycles. The highest BCUT2D eigenvalue weighted by atomic mass is 16.5. The molecule has 0 unspecified atom stereocenters. The van der Waals surface area contributed by atoms with Crippen molar-refractivity contribution in [1.82, 2.24) is 14.7 Å². The first-order valence-corrected chi connectivity index (χ1v) is 12.8. The van der Waals surface area contributed by atoms with Crippen LogP contribution in [0.4, 0.5) is 0 Å². The number of ether oxygens (including phenoxy) is 3. The zero-order valence-corrected chi connectivity index (χ0v) is 22.1. The van der Waals surface area contributed by atoms with Crippen LogP contribution in [0.1, 0.15) is 51.8 Å². The van der Waals surface area contributed by atoms with Crippen LogP contribution in [-0.2, 0) is 17.7 Å². The van der Waals surface area contributed by atoms with E-state index in [1.807, 2.05) is 80.1 Å². The summed E-state index contributed by atoms with van der Waals surface area (Å²) in [5, 5.41) is 15.8. The summed E-state index contributed by atoms with van der Waals surface area (Å²) >= 11 is 0. The Hall–Kier alpha value is -2.87. The number of aliphatic hydroxyl groups is 1. The fraction of sp³-hybridized carbons (Fsp3) is 0.483. The predicted octanol–water partition coefficient (Wildman–Crippen LogP) is 5.38. The molecule has 3 aromatic rings.